The molecule has 5 rings (SSSR count). The van der Waals surface area contributed by atoms with Crippen LogP contribution in [-0.2, 0) is 21.2 Å². The normalized spacial score (nSPS) is 18.3. The van der Waals surface area contributed by atoms with E-state index in [0.717, 1.165) is 22.8 Å². The lowest BCUT2D eigenvalue weighted by atomic mass is 10.1. The van der Waals surface area contributed by atoms with Gasteiger partial charge in [0, 0.05) is 36.0 Å². The van der Waals surface area contributed by atoms with Crippen LogP contribution >= 0.6 is 23.1 Å². The first kappa shape index (κ1) is 21.1. The van der Waals surface area contributed by atoms with Crippen molar-refractivity contribution in [2.75, 3.05) is 27.6 Å². The molecule has 12 heteroatoms. The zero-order valence-electron chi connectivity index (χ0n) is 16.5. The van der Waals surface area contributed by atoms with Crippen molar-refractivity contribution in [2.45, 2.75) is 23.8 Å². The third-order valence-electron chi connectivity index (χ3n) is 5.68. The zero-order valence-corrected chi connectivity index (χ0v) is 18.9. The molecule has 2 aromatic carbocycles. The average molecular weight is 494 g/mol. The van der Waals surface area contributed by atoms with Crippen LogP contribution in [0, 0.1) is 5.82 Å². The minimum Gasteiger partial charge on any atom is -0.359 e. The van der Waals surface area contributed by atoms with Gasteiger partial charge in [0.15, 0.2) is 0 Å². The van der Waals surface area contributed by atoms with E-state index in [-0.39, 0.29) is 27.0 Å². The highest BCUT2D eigenvalue weighted by atomic mass is 35.5. The molecule has 1 N–H and O–H groups in total. The van der Waals surface area contributed by atoms with Gasteiger partial charge < -0.3 is 9.80 Å². The lowest BCUT2D eigenvalue weighted by molar-refractivity contribution is -0.118. The van der Waals surface area contributed by atoms with Gasteiger partial charge in [0.2, 0.25) is 11.0 Å². The molecule has 0 unspecified atom stereocenters. The van der Waals surface area contributed by atoms with E-state index < -0.39 is 15.8 Å². The van der Waals surface area contributed by atoms with Crippen LogP contribution < -0.4 is 14.5 Å². The number of halogens is 2. The van der Waals surface area contributed by atoms with Crippen LogP contribution in [0.2, 0.25) is 5.02 Å². The number of hydrogen-bond donors (Lipinski definition) is 1. The Bertz CT molecular complexity index is 1290. The highest BCUT2D eigenvalue weighted by molar-refractivity contribution is 7.93. The maximum Gasteiger partial charge on any atom is 0.263 e. The molecule has 2 aliphatic rings. The fourth-order valence-corrected chi connectivity index (χ4v) is 6.09. The molecule has 0 bridgehead atoms. The van der Waals surface area contributed by atoms with E-state index in [0.29, 0.717) is 31.6 Å². The third-order valence-corrected chi connectivity index (χ3v) is 8.15. The number of benzene rings is 2. The summed E-state index contributed by atoms with van der Waals surface area (Å²) in [6.07, 6.45) is 2.46. The van der Waals surface area contributed by atoms with Crippen molar-refractivity contribution in [1.29, 1.82) is 0 Å². The average Bonchev–Trinajstić information content (AvgIpc) is 3.51. The Morgan fingerprint density at radius 2 is 1.94 bits per heavy atom. The van der Waals surface area contributed by atoms with E-state index in [1.54, 1.807) is 23.1 Å². The van der Waals surface area contributed by atoms with E-state index in [9.17, 15) is 17.6 Å². The molecular weight excluding hydrogens is 477 g/mol. The number of sulfonamides is 1. The number of amides is 1. The molecule has 166 valence electrons. The second kappa shape index (κ2) is 7.98. The topological polar surface area (TPSA) is 95.5 Å². The Morgan fingerprint density at radius 3 is 2.66 bits per heavy atom. The molecule has 8 nitrogen and oxygen atoms in total. The van der Waals surface area contributed by atoms with Crippen molar-refractivity contribution in [1.82, 2.24) is 9.36 Å². The number of fused-ring (bicyclic) bond motifs is 1. The van der Waals surface area contributed by atoms with Crippen molar-refractivity contribution in [3.8, 4) is 0 Å². The van der Waals surface area contributed by atoms with E-state index in [2.05, 4.69) is 14.1 Å². The first-order valence-corrected chi connectivity index (χ1v) is 12.4. The third kappa shape index (κ3) is 3.59. The summed E-state index contributed by atoms with van der Waals surface area (Å²) >= 11 is 7.05. The van der Waals surface area contributed by atoms with E-state index in [4.69, 9.17) is 11.6 Å². The molecule has 3 aromatic rings. The van der Waals surface area contributed by atoms with Crippen molar-refractivity contribution < 1.29 is 17.6 Å². The molecule has 0 aliphatic carbocycles. The first-order valence-electron chi connectivity index (χ1n) is 9.79. The van der Waals surface area contributed by atoms with Gasteiger partial charge in [0.05, 0.1) is 9.92 Å². The summed E-state index contributed by atoms with van der Waals surface area (Å²) in [7, 11) is -3.80. The number of carbonyl (C=O) groups excluding carboxylic acids is 1. The lowest BCUT2D eigenvalue weighted by Crippen LogP contribution is -2.41. The highest BCUT2D eigenvalue weighted by Crippen LogP contribution is 2.38. The Morgan fingerprint density at radius 1 is 1.16 bits per heavy atom. The molecule has 1 aromatic heterocycles. The Balaban J connectivity index is 1.33. The van der Waals surface area contributed by atoms with Crippen LogP contribution in [0.3, 0.4) is 0 Å². The molecule has 32 heavy (non-hydrogen) atoms. The molecule has 1 atom stereocenters. The van der Waals surface area contributed by atoms with Gasteiger partial charge in [-0.2, -0.15) is 4.37 Å². The zero-order chi connectivity index (χ0) is 22.5. The van der Waals surface area contributed by atoms with Gasteiger partial charge in [0.1, 0.15) is 18.2 Å². The van der Waals surface area contributed by atoms with Gasteiger partial charge in [-0.15, -0.1) is 0 Å². The van der Waals surface area contributed by atoms with Crippen LogP contribution in [-0.4, -0.2) is 42.8 Å². The summed E-state index contributed by atoms with van der Waals surface area (Å²) in [6, 6.07) is 8.74. The largest absolute Gasteiger partial charge is 0.359 e. The van der Waals surface area contributed by atoms with Gasteiger partial charge in [-0.05, 0) is 54.8 Å². The number of aromatic nitrogens is 2. The second-order valence-corrected chi connectivity index (χ2v) is 10.3. The van der Waals surface area contributed by atoms with Crippen molar-refractivity contribution in [3.63, 3.8) is 0 Å². The Kier molecular flexibility index (Phi) is 5.26. The summed E-state index contributed by atoms with van der Waals surface area (Å²) in [5.74, 6) is -0.539. The van der Waals surface area contributed by atoms with Crippen LogP contribution in [0.5, 0.6) is 0 Å². The van der Waals surface area contributed by atoms with E-state index in [1.165, 1.54) is 24.5 Å². The van der Waals surface area contributed by atoms with Crippen LogP contribution in [0.1, 0.15) is 12.0 Å². The van der Waals surface area contributed by atoms with Gasteiger partial charge in [-0.25, -0.2) is 17.8 Å². The number of nitrogens with zero attached hydrogens (tertiary/aromatic N) is 4. The minimum absolute atomic E-state index is 0.0600. The van der Waals surface area contributed by atoms with E-state index in [1.807, 2.05) is 4.90 Å². The highest BCUT2D eigenvalue weighted by Gasteiger charge is 2.39. The number of carbonyl (C=O) groups is 1. The first-order chi connectivity index (χ1) is 15.3. The molecule has 3 heterocycles. The van der Waals surface area contributed by atoms with Crippen molar-refractivity contribution >= 4 is 55.6 Å². The van der Waals surface area contributed by atoms with E-state index >= 15 is 0 Å². The quantitative estimate of drug-likeness (QED) is 0.586. The number of anilines is 3. The summed E-state index contributed by atoms with van der Waals surface area (Å²) in [5, 5.41) is 0.295. The minimum atomic E-state index is -3.80. The summed E-state index contributed by atoms with van der Waals surface area (Å²) in [5.41, 5.74) is 2.14. The molecule has 0 spiro atoms. The molecule has 2 aliphatic heterocycles. The maximum atomic E-state index is 13.8. The monoisotopic (exact) mass is 493 g/mol. The molecule has 0 saturated carbocycles. The van der Waals surface area contributed by atoms with Crippen LogP contribution in [0.4, 0.5) is 20.9 Å². The molecule has 1 amide bonds. The smallest absolute Gasteiger partial charge is 0.263 e. The predicted octanol–water partition coefficient (Wildman–Crippen LogP) is 3.30. The summed E-state index contributed by atoms with van der Waals surface area (Å²) in [4.78, 5) is 20.7. The fourth-order valence-electron chi connectivity index (χ4n) is 4.17. The van der Waals surface area contributed by atoms with Crippen molar-refractivity contribution in [2.24, 2.45) is 0 Å². The molecular formula is C20H17ClFN5O3S2. The number of nitrogens with one attached hydrogen (secondary N) is 1. The van der Waals surface area contributed by atoms with Crippen molar-refractivity contribution in [3.05, 3.63) is 59.1 Å². The predicted molar refractivity (Wildman–Crippen MR) is 120 cm³/mol. The second-order valence-electron chi connectivity index (χ2n) is 7.44. The summed E-state index contributed by atoms with van der Waals surface area (Å²) in [6.45, 7) is 1.09. The number of hydrogen-bond acceptors (Lipinski definition) is 7. The lowest BCUT2D eigenvalue weighted by Gasteiger charge is -2.26. The molecule has 1 fully saturated rings. The Hall–Kier alpha value is -2.76. The van der Waals surface area contributed by atoms with Crippen LogP contribution in [0.15, 0.2) is 47.6 Å². The summed E-state index contributed by atoms with van der Waals surface area (Å²) < 4.78 is 44.9. The maximum absolute atomic E-state index is 13.8. The molecule has 0 radical (unpaired) electrons. The Labute approximate surface area is 192 Å². The SMILES string of the molecule is O=C1[C@@H](N2CCc3c2ccc(F)c3Cl)CCN1c1ccc(S(=O)(=O)Nc2ncns2)cc1. The standard InChI is InChI=1S/C20H17ClFN5O3S2/c21-18-14-7-9-27(16(14)6-5-15(18)22)17-8-10-26(19(17)28)12-1-3-13(4-2-12)32(29,30)25-20-23-11-24-31-20/h1-6,11,17H,7-10H2,(H,23,24,25)/t17-/m0/s1. The van der Waals surface area contributed by atoms with Gasteiger partial charge in [-0.3, -0.25) is 9.52 Å². The van der Waals surface area contributed by atoms with Gasteiger partial charge >= 0.3 is 0 Å². The molecule has 1 saturated heterocycles. The van der Waals surface area contributed by atoms with Crippen LogP contribution in [0.25, 0.3) is 0 Å². The van der Waals surface area contributed by atoms with Gasteiger partial charge in [0.25, 0.3) is 10.0 Å². The fraction of sp³-hybridized carbons (Fsp3) is 0.250. The number of rotatable bonds is 5. The van der Waals surface area contributed by atoms with Gasteiger partial charge in [-0.1, -0.05) is 11.6 Å².